The average molecular weight is 371 g/mol. The zero-order valence-electron chi connectivity index (χ0n) is 16.8. The Hall–Kier alpha value is -1.83. The molecule has 2 N–H and O–H groups in total. The van der Waals surface area contributed by atoms with E-state index in [4.69, 9.17) is 11.5 Å². The van der Waals surface area contributed by atoms with Crippen LogP contribution < -0.4 is 5.32 Å². The van der Waals surface area contributed by atoms with Crippen molar-refractivity contribution in [3.63, 3.8) is 0 Å². The number of benzene rings is 1. The number of nitrogens with zero attached hydrogens (tertiary/aromatic N) is 1. The molecule has 0 heterocycles. The molecule has 27 heavy (non-hydrogen) atoms. The molecular formula is C23H34N2O2. The maximum absolute atomic E-state index is 12.2. The van der Waals surface area contributed by atoms with Crippen LogP contribution in [0, 0.1) is 12.3 Å². The van der Waals surface area contributed by atoms with Crippen LogP contribution in [0.2, 0.25) is 0 Å². The first-order valence-electron chi connectivity index (χ1n) is 10.2. The van der Waals surface area contributed by atoms with Gasteiger partial charge in [-0.3, -0.25) is 4.79 Å². The molecule has 0 saturated heterocycles. The van der Waals surface area contributed by atoms with Gasteiger partial charge in [-0.15, -0.1) is 12.3 Å². The maximum Gasteiger partial charge on any atom is 0.223 e. The molecule has 0 aromatic heterocycles. The highest BCUT2D eigenvalue weighted by molar-refractivity contribution is 5.76. The summed E-state index contributed by atoms with van der Waals surface area (Å²) < 4.78 is 0. The van der Waals surface area contributed by atoms with Gasteiger partial charge >= 0.3 is 0 Å². The minimum atomic E-state index is 0.167. The summed E-state index contributed by atoms with van der Waals surface area (Å²) in [6.07, 6.45) is 12.3. The molecule has 1 amide bonds. The third-order valence-electron chi connectivity index (χ3n) is 5.76. The summed E-state index contributed by atoms with van der Waals surface area (Å²) in [6, 6.07) is 7.13. The standard InChI is InChI=1S/C23H34N2O2/c1-4-5-8-23(27)25(3)21-12-10-19(11-13-21)22-14-9-18(7-6-15-26)16-20(22)17-24-2/h1,9,14,16,19,21,24,26H,5-8,10-13,15,17H2,2-3H3. The van der Waals surface area contributed by atoms with Crippen molar-refractivity contribution in [3.8, 4) is 12.3 Å². The minimum Gasteiger partial charge on any atom is -0.396 e. The van der Waals surface area contributed by atoms with Crippen LogP contribution in [-0.4, -0.2) is 42.7 Å². The number of carbonyl (C=O) groups is 1. The largest absolute Gasteiger partial charge is 0.396 e. The molecule has 0 radical (unpaired) electrons. The van der Waals surface area contributed by atoms with Crippen molar-refractivity contribution >= 4 is 5.91 Å². The second-order valence-corrected chi connectivity index (χ2v) is 7.60. The summed E-state index contributed by atoms with van der Waals surface area (Å²) >= 11 is 0. The number of nitrogens with one attached hydrogen (secondary N) is 1. The summed E-state index contributed by atoms with van der Waals surface area (Å²) in [5, 5.41) is 12.4. The molecule has 0 aliphatic heterocycles. The third kappa shape index (κ3) is 6.09. The Morgan fingerprint density at radius 3 is 2.70 bits per heavy atom. The third-order valence-corrected chi connectivity index (χ3v) is 5.76. The molecule has 4 heteroatoms. The van der Waals surface area contributed by atoms with Gasteiger partial charge < -0.3 is 15.3 Å². The lowest BCUT2D eigenvalue weighted by molar-refractivity contribution is -0.132. The van der Waals surface area contributed by atoms with Gasteiger partial charge in [0.1, 0.15) is 0 Å². The van der Waals surface area contributed by atoms with Gasteiger partial charge in [0, 0.05) is 39.1 Å². The van der Waals surface area contributed by atoms with Crippen LogP contribution in [-0.2, 0) is 17.8 Å². The van der Waals surface area contributed by atoms with Gasteiger partial charge in [-0.2, -0.15) is 0 Å². The van der Waals surface area contributed by atoms with E-state index in [1.54, 1.807) is 0 Å². The van der Waals surface area contributed by atoms with Crippen molar-refractivity contribution < 1.29 is 9.90 Å². The first kappa shape index (κ1) is 21.5. The van der Waals surface area contributed by atoms with Crippen molar-refractivity contribution in [1.82, 2.24) is 10.2 Å². The summed E-state index contributed by atoms with van der Waals surface area (Å²) in [6.45, 7) is 1.10. The number of terminal acetylenes is 1. The Kier molecular flexibility index (Phi) is 8.84. The Morgan fingerprint density at radius 2 is 2.07 bits per heavy atom. The molecule has 4 nitrogen and oxygen atoms in total. The van der Waals surface area contributed by atoms with Crippen LogP contribution in [0.4, 0.5) is 0 Å². The topological polar surface area (TPSA) is 52.6 Å². The Balaban J connectivity index is 2.00. The minimum absolute atomic E-state index is 0.167. The normalized spacial score (nSPS) is 19.5. The molecular weight excluding hydrogens is 336 g/mol. The van der Waals surface area contributed by atoms with Gasteiger partial charge in [0.15, 0.2) is 0 Å². The van der Waals surface area contributed by atoms with Gasteiger partial charge in [-0.05, 0) is 68.2 Å². The molecule has 1 saturated carbocycles. The van der Waals surface area contributed by atoms with Gasteiger partial charge in [-0.25, -0.2) is 0 Å². The predicted molar refractivity (Wildman–Crippen MR) is 110 cm³/mol. The number of aryl methyl sites for hydroxylation is 1. The zero-order valence-corrected chi connectivity index (χ0v) is 16.8. The first-order valence-corrected chi connectivity index (χ1v) is 10.2. The van der Waals surface area contributed by atoms with Crippen LogP contribution >= 0.6 is 0 Å². The summed E-state index contributed by atoms with van der Waals surface area (Å²) in [5.74, 6) is 3.28. The molecule has 1 aromatic carbocycles. The van der Waals surface area contributed by atoms with Gasteiger partial charge in [0.2, 0.25) is 5.91 Å². The molecule has 0 bridgehead atoms. The number of rotatable bonds is 9. The molecule has 1 aromatic rings. The lowest BCUT2D eigenvalue weighted by Gasteiger charge is -2.35. The Labute approximate surface area is 164 Å². The highest BCUT2D eigenvalue weighted by Crippen LogP contribution is 2.36. The molecule has 148 valence electrons. The van der Waals surface area contributed by atoms with E-state index in [0.29, 0.717) is 24.8 Å². The highest BCUT2D eigenvalue weighted by Gasteiger charge is 2.28. The van der Waals surface area contributed by atoms with E-state index in [1.807, 2.05) is 19.0 Å². The van der Waals surface area contributed by atoms with Crippen LogP contribution in [0.5, 0.6) is 0 Å². The molecule has 1 aliphatic rings. The van der Waals surface area contributed by atoms with E-state index in [9.17, 15) is 4.79 Å². The van der Waals surface area contributed by atoms with Gasteiger partial charge in [0.25, 0.3) is 0 Å². The number of hydrogen-bond acceptors (Lipinski definition) is 3. The van der Waals surface area contributed by atoms with E-state index in [-0.39, 0.29) is 12.5 Å². The van der Waals surface area contributed by atoms with E-state index >= 15 is 0 Å². The molecule has 0 spiro atoms. The smallest absolute Gasteiger partial charge is 0.223 e. The SMILES string of the molecule is C#CCCC(=O)N(C)C1CCC(c2ccc(CCCO)cc2CNC)CC1. The lowest BCUT2D eigenvalue weighted by Crippen LogP contribution is -2.39. The van der Waals surface area contributed by atoms with Crippen molar-refractivity contribution in [3.05, 3.63) is 34.9 Å². The maximum atomic E-state index is 12.2. The molecule has 0 atom stereocenters. The first-order chi connectivity index (χ1) is 13.1. The average Bonchev–Trinajstić information content (AvgIpc) is 2.70. The number of aliphatic hydroxyl groups excluding tert-OH is 1. The highest BCUT2D eigenvalue weighted by atomic mass is 16.2. The number of amides is 1. The fourth-order valence-corrected chi connectivity index (χ4v) is 4.17. The summed E-state index contributed by atoms with van der Waals surface area (Å²) in [5.41, 5.74) is 4.11. The van der Waals surface area contributed by atoms with Crippen molar-refractivity contribution in [2.24, 2.45) is 0 Å². The van der Waals surface area contributed by atoms with Gasteiger partial charge in [0.05, 0.1) is 0 Å². The van der Waals surface area contributed by atoms with E-state index in [1.165, 1.54) is 16.7 Å². The van der Waals surface area contributed by atoms with Crippen molar-refractivity contribution in [2.75, 3.05) is 20.7 Å². The fraction of sp³-hybridized carbons (Fsp3) is 0.609. The van der Waals surface area contributed by atoms with Crippen molar-refractivity contribution in [1.29, 1.82) is 0 Å². The number of aliphatic hydroxyl groups is 1. The second-order valence-electron chi connectivity index (χ2n) is 7.60. The summed E-state index contributed by atoms with van der Waals surface area (Å²) in [4.78, 5) is 14.1. The molecule has 0 unspecified atom stereocenters. The van der Waals surface area contributed by atoms with Crippen LogP contribution in [0.25, 0.3) is 0 Å². The van der Waals surface area contributed by atoms with E-state index in [2.05, 4.69) is 29.4 Å². The molecule has 2 rings (SSSR count). The van der Waals surface area contributed by atoms with E-state index < -0.39 is 0 Å². The summed E-state index contributed by atoms with van der Waals surface area (Å²) in [7, 11) is 3.91. The van der Waals surface area contributed by atoms with Crippen LogP contribution in [0.1, 0.15) is 67.6 Å². The second kappa shape index (κ2) is 11.1. The van der Waals surface area contributed by atoms with Crippen LogP contribution in [0.3, 0.4) is 0 Å². The predicted octanol–water partition coefficient (Wildman–Crippen LogP) is 3.23. The van der Waals surface area contributed by atoms with Crippen LogP contribution in [0.15, 0.2) is 18.2 Å². The monoisotopic (exact) mass is 370 g/mol. The van der Waals surface area contributed by atoms with Crippen molar-refractivity contribution in [2.45, 2.75) is 69.9 Å². The number of hydrogen-bond donors (Lipinski definition) is 2. The number of carbonyl (C=O) groups excluding carboxylic acids is 1. The fourth-order valence-electron chi connectivity index (χ4n) is 4.17. The van der Waals surface area contributed by atoms with Gasteiger partial charge in [-0.1, -0.05) is 18.2 Å². The van der Waals surface area contributed by atoms with E-state index in [0.717, 1.165) is 45.1 Å². The quantitative estimate of drug-likeness (QED) is 0.656. The zero-order chi connectivity index (χ0) is 19.6. The Morgan fingerprint density at radius 1 is 1.33 bits per heavy atom. The Bertz CT molecular complexity index is 642. The molecule has 1 aliphatic carbocycles. The lowest BCUT2D eigenvalue weighted by atomic mass is 9.79. The molecule has 1 fully saturated rings.